The van der Waals surface area contributed by atoms with E-state index in [0.29, 0.717) is 0 Å². The van der Waals surface area contributed by atoms with Crippen LogP contribution in [0.2, 0.25) is 4.34 Å². The van der Waals surface area contributed by atoms with Gasteiger partial charge in [-0.1, -0.05) is 17.7 Å². The van der Waals surface area contributed by atoms with E-state index in [9.17, 15) is 0 Å². The molecule has 2 heterocycles. The molecule has 17 heavy (non-hydrogen) atoms. The molecule has 3 rings (SSSR count). The summed E-state index contributed by atoms with van der Waals surface area (Å²) in [4.78, 5) is 1.24. The summed E-state index contributed by atoms with van der Waals surface area (Å²) in [6.45, 7) is 2.29. The van der Waals surface area contributed by atoms with Crippen molar-refractivity contribution >= 4 is 28.6 Å². The molecule has 88 valence electrons. The van der Waals surface area contributed by atoms with E-state index in [0.717, 1.165) is 29.8 Å². The van der Waals surface area contributed by atoms with Crippen molar-refractivity contribution in [2.75, 3.05) is 5.32 Å². The first-order valence-electron chi connectivity index (χ1n) is 5.49. The van der Waals surface area contributed by atoms with Crippen LogP contribution in [-0.4, -0.2) is 0 Å². The predicted octanol–water partition coefficient (Wildman–Crippen LogP) is 4.04. The molecule has 1 aromatic carbocycles. The molecular weight excluding hydrogens is 254 g/mol. The third-order valence-corrected chi connectivity index (χ3v) is 4.05. The maximum atomic E-state index is 5.89. The fraction of sp³-hybridized carbons (Fsp3) is 0.231. The number of nitrogens with one attached hydrogen (secondary N) is 1. The molecule has 2 nitrogen and oxygen atoms in total. The zero-order chi connectivity index (χ0) is 11.7. The number of ether oxygens (including phenoxy) is 1. The van der Waals surface area contributed by atoms with Crippen LogP contribution >= 0.6 is 22.9 Å². The Morgan fingerprint density at radius 3 is 2.88 bits per heavy atom. The molecule has 1 N–H and O–H groups in total. The maximum absolute atomic E-state index is 5.89. The van der Waals surface area contributed by atoms with E-state index in [1.807, 2.05) is 6.07 Å². The number of anilines is 1. The third kappa shape index (κ3) is 2.46. The van der Waals surface area contributed by atoms with Crippen LogP contribution in [0.25, 0.3) is 0 Å². The fourth-order valence-electron chi connectivity index (χ4n) is 1.92. The zero-order valence-corrected chi connectivity index (χ0v) is 10.8. The number of fused-ring (bicyclic) bond motifs is 1. The number of hydrogen-bond acceptors (Lipinski definition) is 3. The van der Waals surface area contributed by atoms with Crippen LogP contribution in [-0.2, 0) is 24.5 Å². The number of rotatable bonds is 3. The van der Waals surface area contributed by atoms with Gasteiger partial charge < -0.3 is 10.1 Å². The van der Waals surface area contributed by atoms with Crippen LogP contribution in [0.5, 0.6) is 0 Å². The van der Waals surface area contributed by atoms with Gasteiger partial charge in [0.05, 0.1) is 17.6 Å². The molecule has 4 heteroatoms. The lowest BCUT2D eigenvalue weighted by atomic mass is 10.1. The summed E-state index contributed by atoms with van der Waals surface area (Å²) < 4.78 is 6.23. The highest BCUT2D eigenvalue weighted by Gasteiger charge is 2.10. The first-order valence-corrected chi connectivity index (χ1v) is 6.68. The second kappa shape index (κ2) is 4.69. The summed E-state index contributed by atoms with van der Waals surface area (Å²) in [5, 5.41) is 3.40. The van der Waals surface area contributed by atoms with Gasteiger partial charge in [0.15, 0.2) is 0 Å². The molecule has 0 bridgehead atoms. The standard InChI is InChI=1S/C13H12ClNOS/c14-13-4-3-12(17-13)6-15-11-2-1-9-7-16-8-10(9)5-11/h1-5,15H,6-8H2. The molecule has 1 aromatic heterocycles. The van der Waals surface area contributed by atoms with Crippen molar-refractivity contribution in [3.8, 4) is 0 Å². The minimum atomic E-state index is 0.732. The molecule has 0 radical (unpaired) electrons. The normalized spacial score (nSPS) is 13.7. The average molecular weight is 266 g/mol. The zero-order valence-electron chi connectivity index (χ0n) is 9.20. The summed E-state index contributed by atoms with van der Waals surface area (Å²) in [5.41, 5.74) is 3.73. The first kappa shape index (κ1) is 11.1. The third-order valence-electron chi connectivity index (χ3n) is 2.82. The van der Waals surface area contributed by atoms with Crippen molar-refractivity contribution < 1.29 is 4.74 Å². The van der Waals surface area contributed by atoms with E-state index in [1.165, 1.54) is 16.0 Å². The molecule has 0 spiro atoms. The molecule has 0 fully saturated rings. The quantitative estimate of drug-likeness (QED) is 0.904. The van der Waals surface area contributed by atoms with Crippen molar-refractivity contribution in [2.45, 2.75) is 19.8 Å². The van der Waals surface area contributed by atoms with Gasteiger partial charge in [-0.05, 0) is 35.4 Å². The lowest BCUT2D eigenvalue weighted by Crippen LogP contribution is -1.98. The van der Waals surface area contributed by atoms with E-state index in [4.69, 9.17) is 16.3 Å². The van der Waals surface area contributed by atoms with Gasteiger partial charge in [-0.2, -0.15) is 0 Å². The summed E-state index contributed by atoms with van der Waals surface area (Å²) in [6, 6.07) is 10.4. The highest BCUT2D eigenvalue weighted by Crippen LogP contribution is 2.25. The minimum absolute atomic E-state index is 0.732. The van der Waals surface area contributed by atoms with Gasteiger partial charge in [0, 0.05) is 17.1 Å². The SMILES string of the molecule is Clc1ccc(CNc2ccc3c(c2)COC3)s1. The summed E-state index contributed by atoms with van der Waals surface area (Å²) in [5.74, 6) is 0. The molecule has 2 aromatic rings. The van der Waals surface area contributed by atoms with Crippen molar-refractivity contribution in [2.24, 2.45) is 0 Å². The molecule has 0 saturated carbocycles. The lowest BCUT2D eigenvalue weighted by molar-refractivity contribution is 0.134. The molecule has 0 unspecified atom stereocenters. The van der Waals surface area contributed by atoms with Crippen molar-refractivity contribution in [1.29, 1.82) is 0 Å². The molecule has 0 saturated heterocycles. The van der Waals surface area contributed by atoms with E-state index >= 15 is 0 Å². The van der Waals surface area contributed by atoms with Gasteiger partial charge in [0.1, 0.15) is 0 Å². The van der Waals surface area contributed by atoms with Gasteiger partial charge in [0.25, 0.3) is 0 Å². The Morgan fingerprint density at radius 2 is 2.06 bits per heavy atom. The number of thiophene rings is 1. The minimum Gasteiger partial charge on any atom is -0.380 e. The Balaban J connectivity index is 1.69. The molecule has 1 aliphatic heterocycles. The van der Waals surface area contributed by atoms with Gasteiger partial charge in [-0.25, -0.2) is 0 Å². The Hall–Kier alpha value is -1.03. The van der Waals surface area contributed by atoms with Gasteiger partial charge in [-0.15, -0.1) is 11.3 Å². The first-order chi connectivity index (χ1) is 8.31. The fourth-order valence-corrected chi connectivity index (χ4v) is 2.95. The molecule has 1 aliphatic rings. The van der Waals surface area contributed by atoms with E-state index < -0.39 is 0 Å². The van der Waals surface area contributed by atoms with E-state index in [1.54, 1.807) is 11.3 Å². The Morgan fingerprint density at radius 1 is 1.18 bits per heavy atom. The topological polar surface area (TPSA) is 21.3 Å². The lowest BCUT2D eigenvalue weighted by Gasteiger charge is -2.06. The monoisotopic (exact) mass is 265 g/mol. The molecule has 0 aliphatic carbocycles. The van der Waals surface area contributed by atoms with Crippen LogP contribution in [0.15, 0.2) is 30.3 Å². The smallest absolute Gasteiger partial charge is 0.0931 e. The maximum Gasteiger partial charge on any atom is 0.0931 e. The Bertz CT molecular complexity index is 538. The number of halogens is 1. The molecule has 0 atom stereocenters. The van der Waals surface area contributed by atoms with Gasteiger partial charge >= 0.3 is 0 Å². The van der Waals surface area contributed by atoms with Crippen LogP contribution in [0.1, 0.15) is 16.0 Å². The highest BCUT2D eigenvalue weighted by molar-refractivity contribution is 7.16. The predicted molar refractivity (Wildman–Crippen MR) is 71.6 cm³/mol. The number of hydrogen-bond donors (Lipinski definition) is 1. The Kier molecular flexibility index (Phi) is 3.05. The second-order valence-electron chi connectivity index (χ2n) is 4.04. The van der Waals surface area contributed by atoms with Crippen molar-refractivity contribution in [3.63, 3.8) is 0 Å². The van der Waals surface area contributed by atoms with Crippen molar-refractivity contribution in [3.05, 3.63) is 50.7 Å². The van der Waals surface area contributed by atoms with Gasteiger partial charge in [0.2, 0.25) is 0 Å². The van der Waals surface area contributed by atoms with E-state index in [-0.39, 0.29) is 0 Å². The highest BCUT2D eigenvalue weighted by atomic mass is 35.5. The van der Waals surface area contributed by atoms with Crippen LogP contribution < -0.4 is 5.32 Å². The molecular formula is C13H12ClNOS. The van der Waals surface area contributed by atoms with E-state index in [2.05, 4.69) is 29.6 Å². The largest absolute Gasteiger partial charge is 0.380 e. The van der Waals surface area contributed by atoms with Crippen LogP contribution in [0.3, 0.4) is 0 Å². The molecule has 0 amide bonds. The second-order valence-corrected chi connectivity index (χ2v) is 5.84. The number of benzene rings is 1. The van der Waals surface area contributed by atoms with Gasteiger partial charge in [-0.3, -0.25) is 0 Å². The Labute approximate surface area is 109 Å². The van der Waals surface area contributed by atoms with Crippen LogP contribution in [0.4, 0.5) is 5.69 Å². The van der Waals surface area contributed by atoms with Crippen molar-refractivity contribution in [1.82, 2.24) is 0 Å². The summed E-state index contributed by atoms with van der Waals surface area (Å²) >= 11 is 7.50. The average Bonchev–Trinajstić information content (AvgIpc) is 2.94. The summed E-state index contributed by atoms with van der Waals surface area (Å²) in [6.07, 6.45) is 0. The van der Waals surface area contributed by atoms with Crippen LogP contribution in [0, 0.1) is 0 Å². The summed E-state index contributed by atoms with van der Waals surface area (Å²) in [7, 11) is 0.